The first-order chi connectivity index (χ1) is 13.9. The molecule has 1 aromatic carbocycles. The monoisotopic (exact) mass is 407 g/mol. The minimum absolute atomic E-state index is 0.259. The van der Waals surface area contributed by atoms with E-state index in [0.29, 0.717) is 13.1 Å². The van der Waals surface area contributed by atoms with Crippen LogP contribution in [0.15, 0.2) is 47.6 Å². The first-order valence-corrected chi connectivity index (χ1v) is 9.47. The number of pyridine rings is 1. The normalized spacial score (nSPS) is 15.3. The quantitative estimate of drug-likeness (QED) is 0.566. The Kier molecular flexibility index (Phi) is 6.79. The molecule has 2 aromatic rings. The zero-order valence-corrected chi connectivity index (χ0v) is 16.0. The number of anilines is 1. The lowest BCUT2D eigenvalue weighted by molar-refractivity contribution is -0.274. The molecule has 1 fully saturated rings. The predicted octanol–water partition coefficient (Wildman–Crippen LogP) is 3.58. The van der Waals surface area contributed by atoms with E-state index in [0.717, 1.165) is 30.0 Å². The smallest absolute Gasteiger partial charge is 0.406 e. The standard InChI is InChI=1S/C20H24F3N5O/c21-20(22,23)29-17-6-4-15(5-7-17)13-26-19(24)27-14-16-8-9-25-18(12-16)28-10-2-1-3-11-28/h4-9,12H,1-3,10-11,13-14H2,(H3,24,26,27). The highest BCUT2D eigenvalue weighted by molar-refractivity contribution is 5.77. The van der Waals surface area contributed by atoms with Gasteiger partial charge in [-0.15, -0.1) is 13.2 Å². The minimum Gasteiger partial charge on any atom is -0.406 e. The van der Waals surface area contributed by atoms with Gasteiger partial charge in [0.1, 0.15) is 11.6 Å². The number of rotatable bonds is 6. The fourth-order valence-corrected chi connectivity index (χ4v) is 3.09. The SMILES string of the molecule is NC(=NCc1ccnc(N2CCCCC2)c1)NCc1ccc(OC(F)(F)F)cc1. The highest BCUT2D eigenvalue weighted by Gasteiger charge is 2.30. The summed E-state index contributed by atoms with van der Waals surface area (Å²) in [6.45, 7) is 2.81. The summed E-state index contributed by atoms with van der Waals surface area (Å²) in [6.07, 6.45) is 0.718. The van der Waals surface area contributed by atoms with Crippen LogP contribution in [-0.4, -0.2) is 30.4 Å². The van der Waals surface area contributed by atoms with Crippen molar-refractivity contribution in [2.24, 2.45) is 10.7 Å². The molecule has 3 rings (SSSR count). The number of aromatic nitrogens is 1. The van der Waals surface area contributed by atoms with E-state index in [1.165, 1.54) is 43.5 Å². The predicted molar refractivity (Wildman–Crippen MR) is 106 cm³/mol. The number of nitrogens with zero attached hydrogens (tertiary/aromatic N) is 3. The van der Waals surface area contributed by atoms with Gasteiger partial charge in [0, 0.05) is 25.8 Å². The molecule has 1 aliphatic heterocycles. The minimum atomic E-state index is -4.70. The van der Waals surface area contributed by atoms with Crippen LogP contribution in [0.2, 0.25) is 0 Å². The number of aliphatic imine (C=N–C) groups is 1. The van der Waals surface area contributed by atoms with Gasteiger partial charge in [0.2, 0.25) is 0 Å². The lowest BCUT2D eigenvalue weighted by atomic mass is 10.1. The summed E-state index contributed by atoms with van der Waals surface area (Å²) >= 11 is 0. The molecule has 0 aliphatic carbocycles. The van der Waals surface area contributed by atoms with E-state index in [1.54, 1.807) is 6.20 Å². The van der Waals surface area contributed by atoms with Crippen molar-refractivity contribution in [3.8, 4) is 5.75 Å². The highest BCUT2D eigenvalue weighted by Crippen LogP contribution is 2.22. The first-order valence-electron chi connectivity index (χ1n) is 9.47. The van der Waals surface area contributed by atoms with E-state index in [1.807, 2.05) is 12.1 Å². The zero-order valence-electron chi connectivity index (χ0n) is 16.0. The van der Waals surface area contributed by atoms with E-state index in [9.17, 15) is 13.2 Å². The third kappa shape index (κ3) is 6.85. The number of guanidine groups is 1. The first kappa shape index (κ1) is 20.8. The molecule has 1 saturated heterocycles. The maximum Gasteiger partial charge on any atom is 0.573 e. The van der Waals surface area contributed by atoms with Gasteiger partial charge < -0.3 is 20.7 Å². The molecular weight excluding hydrogens is 383 g/mol. The molecule has 0 amide bonds. The second kappa shape index (κ2) is 9.49. The number of nitrogens with one attached hydrogen (secondary N) is 1. The largest absolute Gasteiger partial charge is 0.573 e. The molecular formula is C20H24F3N5O. The molecule has 9 heteroatoms. The van der Waals surface area contributed by atoms with Crippen molar-refractivity contribution < 1.29 is 17.9 Å². The van der Waals surface area contributed by atoms with Crippen molar-refractivity contribution in [3.05, 3.63) is 53.7 Å². The molecule has 0 atom stereocenters. The van der Waals surface area contributed by atoms with Gasteiger partial charge in [-0.1, -0.05) is 12.1 Å². The number of ether oxygens (including phenoxy) is 1. The Morgan fingerprint density at radius 3 is 2.52 bits per heavy atom. The molecule has 0 bridgehead atoms. The Bertz CT molecular complexity index is 818. The van der Waals surface area contributed by atoms with Crippen molar-refractivity contribution in [3.63, 3.8) is 0 Å². The molecule has 6 nitrogen and oxygen atoms in total. The second-order valence-corrected chi connectivity index (χ2v) is 6.82. The van der Waals surface area contributed by atoms with Crippen molar-refractivity contribution in [2.75, 3.05) is 18.0 Å². The average Bonchev–Trinajstić information content (AvgIpc) is 2.71. The van der Waals surface area contributed by atoms with Gasteiger partial charge in [0.15, 0.2) is 5.96 Å². The van der Waals surface area contributed by atoms with Gasteiger partial charge in [0.05, 0.1) is 6.54 Å². The van der Waals surface area contributed by atoms with Gasteiger partial charge in [-0.25, -0.2) is 9.98 Å². The maximum atomic E-state index is 12.2. The van der Waals surface area contributed by atoms with Gasteiger partial charge in [-0.05, 0) is 54.7 Å². The number of hydrogen-bond donors (Lipinski definition) is 2. The molecule has 1 aliphatic rings. The topological polar surface area (TPSA) is 75.8 Å². The van der Waals surface area contributed by atoms with Crippen LogP contribution in [0.3, 0.4) is 0 Å². The van der Waals surface area contributed by atoms with Crippen LogP contribution in [0, 0.1) is 0 Å². The van der Waals surface area contributed by atoms with E-state index in [2.05, 4.69) is 24.9 Å². The lowest BCUT2D eigenvalue weighted by Crippen LogP contribution is -2.31. The summed E-state index contributed by atoms with van der Waals surface area (Å²) in [4.78, 5) is 11.1. The fraction of sp³-hybridized carbons (Fsp3) is 0.400. The van der Waals surface area contributed by atoms with Crippen molar-refractivity contribution in [2.45, 2.75) is 38.7 Å². The molecule has 2 heterocycles. The summed E-state index contributed by atoms with van der Waals surface area (Å²) in [6, 6.07) is 9.53. The summed E-state index contributed by atoms with van der Waals surface area (Å²) in [5, 5.41) is 2.95. The van der Waals surface area contributed by atoms with E-state index < -0.39 is 6.36 Å². The molecule has 1 aromatic heterocycles. The van der Waals surface area contributed by atoms with Crippen LogP contribution in [-0.2, 0) is 13.1 Å². The molecule has 0 spiro atoms. The Morgan fingerprint density at radius 1 is 1.10 bits per heavy atom. The molecule has 0 saturated carbocycles. The van der Waals surface area contributed by atoms with Gasteiger partial charge in [-0.2, -0.15) is 0 Å². The molecule has 0 unspecified atom stereocenters. The van der Waals surface area contributed by atoms with E-state index >= 15 is 0 Å². The lowest BCUT2D eigenvalue weighted by Gasteiger charge is -2.27. The Labute approximate surface area is 167 Å². The van der Waals surface area contributed by atoms with Crippen LogP contribution < -0.4 is 20.7 Å². The Morgan fingerprint density at radius 2 is 1.83 bits per heavy atom. The average molecular weight is 407 g/mol. The third-order valence-corrected chi connectivity index (χ3v) is 4.55. The van der Waals surface area contributed by atoms with Crippen LogP contribution in [0.4, 0.5) is 19.0 Å². The summed E-state index contributed by atoms with van der Waals surface area (Å²) in [5.41, 5.74) is 7.67. The summed E-state index contributed by atoms with van der Waals surface area (Å²) in [5.74, 6) is 0.965. The summed E-state index contributed by atoms with van der Waals surface area (Å²) in [7, 11) is 0. The van der Waals surface area contributed by atoms with Crippen molar-refractivity contribution in [1.82, 2.24) is 10.3 Å². The highest BCUT2D eigenvalue weighted by atomic mass is 19.4. The van der Waals surface area contributed by atoms with Gasteiger partial charge >= 0.3 is 6.36 Å². The maximum absolute atomic E-state index is 12.2. The van der Waals surface area contributed by atoms with E-state index in [4.69, 9.17) is 5.73 Å². The number of piperidine rings is 1. The molecule has 3 N–H and O–H groups in total. The Balaban J connectivity index is 1.50. The fourth-order valence-electron chi connectivity index (χ4n) is 3.09. The van der Waals surface area contributed by atoms with Crippen LogP contribution in [0.25, 0.3) is 0 Å². The number of nitrogens with two attached hydrogens (primary N) is 1. The second-order valence-electron chi connectivity index (χ2n) is 6.82. The molecule has 0 radical (unpaired) electrons. The van der Waals surface area contributed by atoms with Crippen LogP contribution in [0.1, 0.15) is 30.4 Å². The van der Waals surface area contributed by atoms with Crippen LogP contribution >= 0.6 is 0 Å². The zero-order chi connectivity index (χ0) is 20.7. The Hall–Kier alpha value is -2.97. The van der Waals surface area contributed by atoms with Crippen molar-refractivity contribution in [1.29, 1.82) is 0 Å². The van der Waals surface area contributed by atoms with Gasteiger partial charge in [-0.3, -0.25) is 0 Å². The number of halogens is 3. The van der Waals surface area contributed by atoms with Crippen LogP contribution in [0.5, 0.6) is 5.75 Å². The van der Waals surface area contributed by atoms with Crippen molar-refractivity contribution >= 4 is 11.8 Å². The number of benzene rings is 1. The molecule has 29 heavy (non-hydrogen) atoms. The third-order valence-electron chi connectivity index (χ3n) is 4.55. The van der Waals surface area contributed by atoms with E-state index in [-0.39, 0.29) is 11.7 Å². The molecule has 156 valence electrons. The summed E-state index contributed by atoms with van der Waals surface area (Å²) < 4.78 is 40.4. The number of alkyl halides is 3. The number of hydrogen-bond acceptors (Lipinski definition) is 4. The van der Waals surface area contributed by atoms with Gasteiger partial charge in [0.25, 0.3) is 0 Å².